The Morgan fingerprint density at radius 2 is 1.84 bits per heavy atom. The SMILES string of the molecule is CN=C(NCCCN1CCCCC1C)NCC(=O)NC1CCCCC1. The number of likely N-dealkylation sites (tertiary alicyclic amines) is 1. The molecular weight excluding hydrogens is 314 g/mol. The average Bonchev–Trinajstić information content (AvgIpc) is 2.63. The summed E-state index contributed by atoms with van der Waals surface area (Å²) in [6, 6.07) is 1.08. The summed E-state index contributed by atoms with van der Waals surface area (Å²) in [6.45, 7) is 5.87. The van der Waals surface area contributed by atoms with Crippen LogP contribution in [0.3, 0.4) is 0 Å². The van der Waals surface area contributed by atoms with Crippen molar-refractivity contribution in [3.63, 3.8) is 0 Å². The first kappa shape index (κ1) is 20.0. The van der Waals surface area contributed by atoms with Gasteiger partial charge in [-0.3, -0.25) is 9.79 Å². The van der Waals surface area contributed by atoms with Gasteiger partial charge in [0, 0.05) is 32.2 Å². The highest BCUT2D eigenvalue weighted by atomic mass is 16.2. The predicted molar refractivity (Wildman–Crippen MR) is 104 cm³/mol. The van der Waals surface area contributed by atoms with Gasteiger partial charge >= 0.3 is 0 Å². The Morgan fingerprint density at radius 3 is 2.56 bits per heavy atom. The van der Waals surface area contributed by atoms with E-state index in [1.54, 1.807) is 7.05 Å². The van der Waals surface area contributed by atoms with Crippen molar-refractivity contribution in [2.75, 3.05) is 33.2 Å². The van der Waals surface area contributed by atoms with E-state index in [1.165, 1.54) is 45.1 Å². The molecule has 0 radical (unpaired) electrons. The Hall–Kier alpha value is -1.30. The van der Waals surface area contributed by atoms with Crippen LogP contribution in [-0.2, 0) is 4.79 Å². The maximum atomic E-state index is 12.0. The summed E-state index contributed by atoms with van der Waals surface area (Å²) in [5.41, 5.74) is 0. The maximum absolute atomic E-state index is 12.0. The van der Waals surface area contributed by atoms with Crippen LogP contribution in [0, 0.1) is 0 Å². The fourth-order valence-electron chi connectivity index (χ4n) is 3.89. The van der Waals surface area contributed by atoms with Crippen molar-refractivity contribution >= 4 is 11.9 Å². The number of aliphatic imine (C=N–C) groups is 1. The Balaban J connectivity index is 1.56. The van der Waals surface area contributed by atoms with Crippen molar-refractivity contribution in [3.8, 4) is 0 Å². The highest BCUT2D eigenvalue weighted by Crippen LogP contribution is 2.17. The van der Waals surface area contributed by atoms with Crippen LogP contribution in [0.2, 0.25) is 0 Å². The molecule has 1 aliphatic heterocycles. The predicted octanol–water partition coefficient (Wildman–Crippen LogP) is 1.86. The third kappa shape index (κ3) is 7.63. The molecule has 1 saturated carbocycles. The summed E-state index contributed by atoms with van der Waals surface area (Å²) in [7, 11) is 1.75. The molecular formula is C19H37N5O. The Bertz CT molecular complexity index is 420. The zero-order valence-corrected chi connectivity index (χ0v) is 16.1. The third-order valence-electron chi connectivity index (χ3n) is 5.47. The van der Waals surface area contributed by atoms with E-state index in [2.05, 4.69) is 32.8 Å². The molecule has 0 aromatic carbocycles. The number of nitrogens with zero attached hydrogens (tertiary/aromatic N) is 2. The van der Waals surface area contributed by atoms with Gasteiger partial charge in [-0.05, 0) is 45.6 Å². The van der Waals surface area contributed by atoms with Gasteiger partial charge in [0.05, 0.1) is 6.54 Å². The molecule has 3 N–H and O–H groups in total. The molecule has 6 nitrogen and oxygen atoms in total. The largest absolute Gasteiger partial charge is 0.356 e. The molecule has 0 aromatic heterocycles. The number of hydrogen-bond donors (Lipinski definition) is 3. The Kier molecular flexibility index (Phi) is 9.08. The molecule has 2 aliphatic rings. The summed E-state index contributed by atoms with van der Waals surface area (Å²) >= 11 is 0. The van der Waals surface area contributed by atoms with Gasteiger partial charge in [0.25, 0.3) is 0 Å². The van der Waals surface area contributed by atoms with Crippen LogP contribution in [0.1, 0.15) is 64.7 Å². The second-order valence-electron chi connectivity index (χ2n) is 7.49. The molecule has 25 heavy (non-hydrogen) atoms. The smallest absolute Gasteiger partial charge is 0.239 e. The van der Waals surface area contributed by atoms with Crippen LogP contribution >= 0.6 is 0 Å². The van der Waals surface area contributed by atoms with Crippen LogP contribution in [0.15, 0.2) is 4.99 Å². The highest BCUT2D eigenvalue weighted by molar-refractivity contribution is 5.86. The van der Waals surface area contributed by atoms with Gasteiger partial charge in [-0.2, -0.15) is 0 Å². The minimum absolute atomic E-state index is 0.0667. The van der Waals surface area contributed by atoms with Crippen molar-refractivity contribution in [2.45, 2.75) is 76.8 Å². The summed E-state index contributed by atoms with van der Waals surface area (Å²) in [5, 5.41) is 9.56. The van der Waals surface area contributed by atoms with Gasteiger partial charge in [0.15, 0.2) is 5.96 Å². The first-order valence-electron chi connectivity index (χ1n) is 10.2. The Morgan fingerprint density at radius 1 is 1.08 bits per heavy atom. The summed E-state index contributed by atoms with van der Waals surface area (Å²) in [5.74, 6) is 0.780. The quantitative estimate of drug-likeness (QED) is 0.372. The normalized spacial score (nSPS) is 23.3. The number of nitrogens with one attached hydrogen (secondary N) is 3. The highest BCUT2D eigenvalue weighted by Gasteiger charge is 2.17. The molecule has 1 amide bonds. The van der Waals surface area contributed by atoms with E-state index in [9.17, 15) is 4.79 Å². The fraction of sp³-hybridized carbons (Fsp3) is 0.895. The summed E-state index contributed by atoms with van der Waals surface area (Å²) in [6.07, 6.45) is 11.1. The molecule has 1 atom stereocenters. The molecule has 1 unspecified atom stereocenters. The molecule has 0 spiro atoms. The lowest BCUT2D eigenvalue weighted by molar-refractivity contribution is -0.120. The Labute approximate surface area is 153 Å². The van der Waals surface area contributed by atoms with E-state index >= 15 is 0 Å². The van der Waals surface area contributed by atoms with Crippen LogP contribution in [0.25, 0.3) is 0 Å². The topological polar surface area (TPSA) is 68.8 Å². The second kappa shape index (κ2) is 11.3. The zero-order chi connectivity index (χ0) is 17.9. The lowest BCUT2D eigenvalue weighted by atomic mass is 9.95. The molecule has 2 rings (SSSR count). The van der Waals surface area contributed by atoms with E-state index in [0.29, 0.717) is 18.5 Å². The first-order valence-corrected chi connectivity index (χ1v) is 10.2. The van der Waals surface area contributed by atoms with Crippen molar-refractivity contribution in [1.29, 1.82) is 0 Å². The van der Waals surface area contributed by atoms with Crippen LogP contribution in [-0.4, -0.2) is 62.1 Å². The number of hydrogen-bond acceptors (Lipinski definition) is 3. The molecule has 1 aliphatic carbocycles. The first-order chi connectivity index (χ1) is 12.2. The van der Waals surface area contributed by atoms with E-state index in [-0.39, 0.29) is 5.91 Å². The average molecular weight is 352 g/mol. The van der Waals surface area contributed by atoms with Gasteiger partial charge in [-0.25, -0.2) is 0 Å². The minimum Gasteiger partial charge on any atom is -0.356 e. The van der Waals surface area contributed by atoms with Crippen LogP contribution in [0.5, 0.6) is 0 Å². The van der Waals surface area contributed by atoms with Crippen molar-refractivity contribution in [2.24, 2.45) is 4.99 Å². The second-order valence-corrected chi connectivity index (χ2v) is 7.49. The number of rotatable bonds is 7. The number of carbonyl (C=O) groups excluding carboxylic acids is 1. The summed E-state index contributed by atoms with van der Waals surface area (Å²) < 4.78 is 0. The molecule has 1 saturated heterocycles. The number of piperidine rings is 1. The van der Waals surface area contributed by atoms with E-state index in [4.69, 9.17) is 0 Å². The number of carbonyl (C=O) groups is 1. The number of guanidine groups is 1. The van der Waals surface area contributed by atoms with Gasteiger partial charge in [0.2, 0.25) is 5.91 Å². The van der Waals surface area contributed by atoms with Gasteiger partial charge in [-0.1, -0.05) is 25.7 Å². The van der Waals surface area contributed by atoms with Crippen molar-refractivity contribution in [3.05, 3.63) is 0 Å². The zero-order valence-electron chi connectivity index (χ0n) is 16.1. The maximum Gasteiger partial charge on any atom is 0.239 e. The lowest BCUT2D eigenvalue weighted by Crippen LogP contribution is -2.46. The molecule has 0 bridgehead atoms. The number of amides is 1. The molecule has 0 aromatic rings. The monoisotopic (exact) mass is 351 g/mol. The summed E-state index contributed by atoms with van der Waals surface area (Å²) in [4.78, 5) is 18.8. The molecule has 6 heteroatoms. The third-order valence-corrected chi connectivity index (χ3v) is 5.47. The molecule has 144 valence electrons. The van der Waals surface area contributed by atoms with E-state index in [1.807, 2.05) is 0 Å². The van der Waals surface area contributed by atoms with Crippen LogP contribution in [0.4, 0.5) is 0 Å². The fourth-order valence-corrected chi connectivity index (χ4v) is 3.89. The van der Waals surface area contributed by atoms with Crippen molar-refractivity contribution in [1.82, 2.24) is 20.9 Å². The van der Waals surface area contributed by atoms with E-state index < -0.39 is 0 Å². The molecule has 1 heterocycles. The van der Waals surface area contributed by atoms with E-state index in [0.717, 1.165) is 38.4 Å². The minimum atomic E-state index is 0.0667. The standard InChI is InChI=1S/C19H37N5O/c1-16-9-6-7-13-24(16)14-8-12-21-19(20-2)22-15-18(25)23-17-10-4-3-5-11-17/h16-17H,3-15H2,1-2H3,(H,23,25)(H2,20,21,22). The van der Waals surface area contributed by atoms with Gasteiger partial charge in [0.1, 0.15) is 0 Å². The van der Waals surface area contributed by atoms with Gasteiger partial charge in [-0.15, -0.1) is 0 Å². The van der Waals surface area contributed by atoms with Crippen LogP contribution < -0.4 is 16.0 Å². The van der Waals surface area contributed by atoms with Gasteiger partial charge < -0.3 is 20.9 Å². The van der Waals surface area contributed by atoms with Crippen molar-refractivity contribution < 1.29 is 4.79 Å². The molecule has 2 fully saturated rings. The lowest BCUT2D eigenvalue weighted by Gasteiger charge is -2.33.